The lowest BCUT2D eigenvalue weighted by Crippen LogP contribution is -2.11. The monoisotopic (exact) mass is 410 g/mol. The SMILES string of the molecule is CC=O.CNc1ccc(C(=O)Nc2nc(C)c(C(=O)Nc3ccccc3)s2)cc1. The smallest absolute Gasteiger partial charge is 0.267 e. The number of benzene rings is 2. The van der Waals surface area contributed by atoms with E-state index in [0.717, 1.165) is 23.3 Å². The van der Waals surface area contributed by atoms with Crippen LogP contribution in [0.4, 0.5) is 16.5 Å². The van der Waals surface area contributed by atoms with Crippen molar-refractivity contribution in [1.82, 2.24) is 4.98 Å². The molecule has 0 saturated carbocycles. The molecule has 1 aromatic heterocycles. The van der Waals surface area contributed by atoms with Gasteiger partial charge in [0.15, 0.2) is 5.13 Å². The van der Waals surface area contributed by atoms with Crippen LogP contribution in [0.15, 0.2) is 54.6 Å². The van der Waals surface area contributed by atoms with Gasteiger partial charge in [-0.25, -0.2) is 4.98 Å². The summed E-state index contributed by atoms with van der Waals surface area (Å²) in [6.07, 6.45) is 0.750. The van der Waals surface area contributed by atoms with Crippen LogP contribution in [0.1, 0.15) is 32.6 Å². The van der Waals surface area contributed by atoms with Crippen molar-refractivity contribution < 1.29 is 14.4 Å². The van der Waals surface area contributed by atoms with Crippen molar-refractivity contribution >= 4 is 45.9 Å². The predicted octanol–water partition coefficient (Wildman–Crippen LogP) is 4.20. The lowest BCUT2D eigenvalue weighted by atomic mass is 10.2. The van der Waals surface area contributed by atoms with E-state index >= 15 is 0 Å². The minimum absolute atomic E-state index is 0.245. The first-order chi connectivity index (χ1) is 14.0. The van der Waals surface area contributed by atoms with E-state index in [-0.39, 0.29) is 11.8 Å². The number of rotatable bonds is 5. The first kappa shape index (κ1) is 21.8. The van der Waals surface area contributed by atoms with Gasteiger partial charge in [0, 0.05) is 24.0 Å². The van der Waals surface area contributed by atoms with E-state index in [1.807, 2.05) is 49.5 Å². The fourth-order valence-electron chi connectivity index (χ4n) is 2.33. The van der Waals surface area contributed by atoms with E-state index in [4.69, 9.17) is 4.79 Å². The molecule has 0 aliphatic carbocycles. The van der Waals surface area contributed by atoms with E-state index in [1.165, 1.54) is 6.92 Å². The molecule has 0 saturated heterocycles. The summed E-state index contributed by atoms with van der Waals surface area (Å²) in [7, 11) is 1.81. The van der Waals surface area contributed by atoms with Crippen LogP contribution in [-0.4, -0.2) is 30.1 Å². The van der Waals surface area contributed by atoms with Gasteiger partial charge in [0.25, 0.3) is 11.8 Å². The van der Waals surface area contributed by atoms with Crippen LogP contribution in [0.5, 0.6) is 0 Å². The van der Waals surface area contributed by atoms with Crippen molar-refractivity contribution in [3.05, 3.63) is 70.7 Å². The van der Waals surface area contributed by atoms with Crippen molar-refractivity contribution in [2.45, 2.75) is 13.8 Å². The number of carbonyl (C=O) groups is 3. The molecule has 0 atom stereocenters. The van der Waals surface area contributed by atoms with Crippen LogP contribution in [0, 0.1) is 6.92 Å². The molecular formula is C21H22N4O3S. The molecule has 0 unspecified atom stereocenters. The number of aryl methyl sites for hydroxylation is 1. The van der Waals surface area contributed by atoms with E-state index in [0.29, 0.717) is 27.0 Å². The Labute approximate surface area is 173 Å². The average Bonchev–Trinajstić information content (AvgIpc) is 3.09. The second-order valence-corrected chi connectivity index (χ2v) is 6.77. The molecule has 7 nitrogen and oxygen atoms in total. The summed E-state index contributed by atoms with van der Waals surface area (Å²) in [6, 6.07) is 16.3. The molecular weight excluding hydrogens is 388 g/mol. The molecule has 0 aliphatic rings. The Balaban J connectivity index is 0.000000941. The molecule has 8 heteroatoms. The first-order valence-electron chi connectivity index (χ1n) is 8.81. The Hall–Kier alpha value is -3.52. The lowest BCUT2D eigenvalue weighted by molar-refractivity contribution is -0.106. The Bertz CT molecular complexity index is 969. The normalized spacial score (nSPS) is 9.62. The number of nitrogens with zero attached hydrogens (tertiary/aromatic N) is 1. The maximum atomic E-state index is 12.4. The van der Waals surface area contributed by atoms with Crippen LogP contribution in [-0.2, 0) is 4.79 Å². The fraction of sp³-hybridized carbons (Fsp3) is 0.143. The Morgan fingerprint density at radius 1 is 0.931 bits per heavy atom. The minimum Gasteiger partial charge on any atom is -0.388 e. The zero-order chi connectivity index (χ0) is 21.2. The predicted molar refractivity (Wildman–Crippen MR) is 117 cm³/mol. The number of aromatic nitrogens is 1. The second-order valence-electron chi connectivity index (χ2n) is 5.77. The number of amides is 2. The number of thiazole rings is 1. The van der Waals surface area contributed by atoms with Gasteiger partial charge >= 0.3 is 0 Å². The highest BCUT2D eigenvalue weighted by Gasteiger charge is 2.17. The zero-order valence-electron chi connectivity index (χ0n) is 16.4. The first-order valence-corrected chi connectivity index (χ1v) is 9.63. The molecule has 2 amide bonds. The van der Waals surface area contributed by atoms with Gasteiger partial charge < -0.3 is 15.4 Å². The molecule has 0 fully saturated rings. The quantitative estimate of drug-likeness (QED) is 0.547. The molecule has 3 N–H and O–H groups in total. The molecule has 29 heavy (non-hydrogen) atoms. The number of hydrogen-bond acceptors (Lipinski definition) is 6. The molecule has 150 valence electrons. The number of carbonyl (C=O) groups excluding carboxylic acids is 3. The number of hydrogen-bond donors (Lipinski definition) is 3. The Kier molecular flexibility index (Phi) is 8.05. The van der Waals surface area contributed by atoms with Crippen LogP contribution < -0.4 is 16.0 Å². The average molecular weight is 410 g/mol. The number of para-hydroxylation sites is 1. The van der Waals surface area contributed by atoms with Gasteiger partial charge in [-0.05, 0) is 50.2 Å². The molecule has 3 aromatic rings. The van der Waals surface area contributed by atoms with Gasteiger partial charge in [0.1, 0.15) is 11.2 Å². The van der Waals surface area contributed by atoms with Crippen molar-refractivity contribution in [3.8, 4) is 0 Å². The molecule has 0 spiro atoms. The van der Waals surface area contributed by atoms with E-state index in [1.54, 1.807) is 19.1 Å². The van der Waals surface area contributed by atoms with Crippen molar-refractivity contribution in [2.75, 3.05) is 23.0 Å². The third-order valence-corrected chi connectivity index (χ3v) is 4.76. The van der Waals surface area contributed by atoms with Crippen LogP contribution in [0.3, 0.4) is 0 Å². The topological polar surface area (TPSA) is 100 Å². The third kappa shape index (κ3) is 6.25. The standard InChI is InChI=1S/C19H18N4O2S.C2H4O/c1-12-16(18(25)22-15-6-4-3-5-7-15)26-19(21-12)23-17(24)13-8-10-14(20-2)11-9-13;1-2-3/h3-11,20H,1-2H3,(H,22,25)(H,21,23,24);2H,1H3. The third-order valence-electron chi connectivity index (χ3n) is 3.69. The Morgan fingerprint density at radius 3 is 2.14 bits per heavy atom. The van der Waals surface area contributed by atoms with Gasteiger partial charge in [0.2, 0.25) is 0 Å². The van der Waals surface area contributed by atoms with Crippen LogP contribution >= 0.6 is 11.3 Å². The maximum Gasteiger partial charge on any atom is 0.267 e. The van der Waals surface area contributed by atoms with Crippen molar-refractivity contribution in [2.24, 2.45) is 0 Å². The second kappa shape index (κ2) is 10.7. The molecule has 0 bridgehead atoms. The van der Waals surface area contributed by atoms with E-state index < -0.39 is 0 Å². The summed E-state index contributed by atoms with van der Waals surface area (Å²) >= 11 is 1.15. The molecule has 2 aromatic carbocycles. The van der Waals surface area contributed by atoms with E-state index in [2.05, 4.69) is 20.9 Å². The van der Waals surface area contributed by atoms with Gasteiger partial charge in [-0.2, -0.15) is 0 Å². The maximum absolute atomic E-state index is 12.4. The summed E-state index contributed by atoms with van der Waals surface area (Å²) in [5.74, 6) is -0.513. The minimum atomic E-state index is -0.267. The molecule has 0 aliphatic heterocycles. The van der Waals surface area contributed by atoms with Gasteiger partial charge in [-0.15, -0.1) is 0 Å². The summed E-state index contributed by atoms with van der Waals surface area (Å²) in [5, 5.41) is 8.96. The number of nitrogens with one attached hydrogen (secondary N) is 3. The summed E-state index contributed by atoms with van der Waals surface area (Å²) in [5.41, 5.74) is 2.73. The highest BCUT2D eigenvalue weighted by molar-refractivity contribution is 7.17. The van der Waals surface area contributed by atoms with Gasteiger partial charge in [-0.1, -0.05) is 29.5 Å². The summed E-state index contributed by atoms with van der Waals surface area (Å²) in [6.45, 7) is 3.19. The highest BCUT2D eigenvalue weighted by Crippen LogP contribution is 2.24. The number of anilines is 3. The Morgan fingerprint density at radius 2 is 1.55 bits per heavy atom. The fourth-order valence-corrected chi connectivity index (χ4v) is 3.18. The van der Waals surface area contributed by atoms with E-state index in [9.17, 15) is 9.59 Å². The zero-order valence-corrected chi connectivity index (χ0v) is 17.2. The molecule has 3 rings (SSSR count). The van der Waals surface area contributed by atoms with Crippen LogP contribution in [0.2, 0.25) is 0 Å². The highest BCUT2D eigenvalue weighted by atomic mass is 32.1. The molecule has 1 heterocycles. The summed E-state index contributed by atoms with van der Waals surface area (Å²) in [4.78, 5) is 38.3. The largest absolute Gasteiger partial charge is 0.388 e. The number of aldehydes is 1. The van der Waals surface area contributed by atoms with Crippen molar-refractivity contribution in [3.63, 3.8) is 0 Å². The lowest BCUT2D eigenvalue weighted by Gasteiger charge is -2.04. The molecule has 0 radical (unpaired) electrons. The van der Waals surface area contributed by atoms with Gasteiger partial charge in [0.05, 0.1) is 5.69 Å². The van der Waals surface area contributed by atoms with Crippen LogP contribution in [0.25, 0.3) is 0 Å². The van der Waals surface area contributed by atoms with Crippen molar-refractivity contribution in [1.29, 1.82) is 0 Å². The summed E-state index contributed by atoms with van der Waals surface area (Å²) < 4.78 is 0. The van der Waals surface area contributed by atoms with Gasteiger partial charge in [-0.3, -0.25) is 14.9 Å².